The summed E-state index contributed by atoms with van der Waals surface area (Å²) < 4.78 is 63.6. The largest absolute Gasteiger partial charge is 0.294 e. The highest BCUT2D eigenvalue weighted by atomic mass is 79.9. The maximum atomic E-state index is 12.5. The van der Waals surface area contributed by atoms with Crippen molar-refractivity contribution in [3.8, 4) is 0 Å². The third kappa shape index (κ3) is 4.49. The number of halogens is 2. The molecule has 7 nitrogen and oxygen atoms in total. The van der Waals surface area contributed by atoms with E-state index in [4.69, 9.17) is 9.11 Å². The second-order valence-corrected chi connectivity index (χ2v) is 9.30. The lowest BCUT2D eigenvalue weighted by Crippen LogP contribution is -2.07. The topological polar surface area (TPSA) is 126 Å². The molecule has 0 aliphatic rings. The standard InChI is InChI=1S/C13H8Br2O7S2/c14-9-1-7(3-11(5-9)23(17,18)19)13(16)8-2-10(15)6-12(4-8)24(20,21)22/h1-6H,(H,17,18,19)(H,20,21,22). The molecule has 0 aliphatic carbocycles. The van der Waals surface area contributed by atoms with Crippen molar-refractivity contribution >= 4 is 57.9 Å². The Hall–Kier alpha value is -1.11. The molecule has 0 atom stereocenters. The summed E-state index contributed by atoms with van der Waals surface area (Å²) in [4.78, 5) is 11.5. The van der Waals surface area contributed by atoms with Gasteiger partial charge in [0.1, 0.15) is 0 Å². The fourth-order valence-corrected chi connectivity index (χ4v) is 4.25. The van der Waals surface area contributed by atoms with Gasteiger partial charge >= 0.3 is 0 Å². The first kappa shape index (κ1) is 19.2. The number of hydrogen-bond donors (Lipinski definition) is 2. The molecular formula is C13H8Br2O7S2. The van der Waals surface area contributed by atoms with Gasteiger partial charge in [-0.3, -0.25) is 13.9 Å². The Balaban J connectivity index is 2.62. The number of ketones is 1. The summed E-state index contributed by atoms with van der Waals surface area (Å²) in [6, 6.07) is 6.75. The first-order valence-electron chi connectivity index (χ1n) is 5.99. The van der Waals surface area contributed by atoms with Gasteiger partial charge in [0.25, 0.3) is 20.2 Å². The van der Waals surface area contributed by atoms with Gasteiger partial charge in [-0.2, -0.15) is 16.8 Å². The predicted molar refractivity (Wildman–Crippen MR) is 91.3 cm³/mol. The van der Waals surface area contributed by atoms with Crippen molar-refractivity contribution in [2.45, 2.75) is 9.79 Å². The Labute approximate surface area is 154 Å². The van der Waals surface area contributed by atoms with Crippen LogP contribution in [0.5, 0.6) is 0 Å². The van der Waals surface area contributed by atoms with E-state index in [1.807, 2.05) is 0 Å². The molecule has 2 aromatic rings. The van der Waals surface area contributed by atoms with E-state index in [0.717, 1.165) is 24.3 Å². The zero-order valence-corrected chi connectivity index (χ0v) is 16.3. The minimum atomic E-state index is -4.53. The summed E-state index contributed by atoms with van der Waals surface area (Å²) in [5.74, 6) is -0.701. The third-order valence-electron chi connectivity index (χ3n) is 2.86. The Bertz CT molecular complexity index is 960. The first-order chi connectivity index (χ1) is 10.9. The quantitative estimate of drug-likeness (QED) is 0.489. The zero-order chi connectivity index (χ0) is 18.3. The van der Waals surface area contributed by atoms with Gasteiger partial charge < -0.3 is 0 Å². The molecule has 2 N–H and O–H groups in total. The summed E-state index contributed by atoms with van der Waals surface area (Å²) in [7, 11) is -9.06. The zero-order valence-electron chi connectivity index (χ0n) is 11.5. The van der Waals surface area contributed by atoms with Crippen LogP contribution in [-0.2, 0) is 20.2 Å². The monoisotopic (exact) mass is 498 g/mol. The highest BCUT2D eigenvalue weighted by molar-refractivity contribution is 9.10. The van der Waals surface area contributed by atoms with Crippen molar-refractivity contribution in [1.29, 1.82) is 0 Å². The molecule has 0 amide bonds. The van der Waals surface area contributed by atoms with Gasteiger partial charge in [0.2, 0.25) is 0 Å². The van der Waals surface area contributed by atoms with E-state index in [9.17, 15) is 21.6 Å². The molecule has 128 valence electrons. The molecule has 0 radical (unpaired) electrons. The molecule has 11 heteroatoms. The number of rotatable bonds is 4. The van der Waals surface area contributed by atoms with Crippen LogP contribution in [0.15, 0.2) is 55.1 Å². The van der Waals surface area contributed by atoms with E-state index in [0.29, 0.717) is 0 Å². The first-order valence-corrected chi connectivity index (χ1v) is 10.5. The second-order valence-electron chi connectivity index (χ2n) is 4.63. The minimum absolute atomic E-state index is 0.101. The molecule has 0 aromatic heterocycles. The number of carbonyl (C=O) groups excluding carboxylic acids is 1. The molecule has 24 heavy (non-hydrogen) atoms. The van der Waals surface area contributed by atoms with E-state index in [1.165, 1.54) is 12.1 Å². The van der Waals surface area contributed by atoms with E-state index >= 15 is 0 Å². The Morgan fingerprint density at radius 1 is 0.708 bits per heavy atom. The van der Waals surface area contributed by atoms with Crippen LogP contribution < -0.4 is 0 Å². The smallest absolute Gasteiger partial charge is 0.289 e. The fourth-order valence-electron chi connectivity index (χ4n) is 1.85. The lowest BCUT2D eigenvalue weighted by Gasteiger charge is -2.07. The average molecular weight is 500 g/mol. The van der Waals surface area contributed by atoms with E-state index in [1.54, 1.807) is 0 Å². The normalized spacial score (nSPS) is 12.2. The molecule has 0 fully saturated rings. The molecule has 0 bridgehead atoms. The summed E-state index contributed by atoms with van der Waals surface area (Å²) >= 11 is 6.07. The van der Waals surface area contributed by atoms with Gasteiger partial charge in [0, 0.05) is 20.1 Å². The predicted octanol–water partition coefficient (Wildman–Crippen LogP) is 2.94. The van der Waals surface area contributed by atoms with Crippen molar-refractivity contribution < 1.29 is 30.7 Å². The van der Waals surface area contributed by atoms with Crippen molar-refractivity contribution in [3.63, 3.8) is 0 Å². The Kier molecular flexibility index (Phi) is 5.33. The number of carbonyl (C=O) groups is 1. The van der Waals surface area contributed by atoms with Crippen LogP contribution in [0.1, 0.15) is 15.9 Å². The fraction of sp³-hybridized carbons (Fsp3) is 0. The van der Waals surface area contributed by atoms with E-state index in [2.05, 4.69) is 31.9 Å². The highest BCUT2D eigenvalue weighted by Gasteiger charge is 2.19. The van der Waals surface area contributed by atoms with Crippen LogP contribution >= 0.6 is 31.9 Å². The van der Waals surface area contributed by atoms with Gasteiger partial charge in [-0.05, 0) is 36.4 Å². The van der Waals surface area contributed by atoms with Crippen molar-refractivity contribution in [2.75, 3.05) is 0 Å². The lowest BCUT2D eigenvalue weighted by molar-refractivity contribution is 0.103. The summed E-state index contributed by atoms with van der Waals surface area (Å²) in [6.45, 7) is 0. The van der Waals surface area contributed by atoms with Gasteiger partial charge in [0.15, 0.2) is 5.78 Å². The number of hydrogen-bond acceptors (Lipinski definition) is 5. The molecule has 0 saturated heterocycles. The van der Waals surface area contributed by atoms with Crippen LogP contribution in [-0.4, -0.2) is 31.7 Å². The Morgan fingerprint density at radius 3 is 1.33 bits per heavy atom. The van der Waals surface area contributed by atoms with Crippen LogP contribution in [0.2, 0.25) is 0 Å². The molecule has 0 saturated carbocycles. The van der Waals surface area contributed by atoms with Gasteiger partial charge in [0.05, 0.1) is 9.79 Å². The minimum Gasteiger partial charge on any atom is -0.289 e. The molecule has 2 rings (SSSR count). The van der Waals surface area contributed by atoms with Crippen LogP contribution in [0.3, 0.4) is 0 Å². The molecule has 0 spiro atoms. The van der Waals surface area contributed by atoms with Gasteiger partial charge in [-0.25, -0.2) is 0 Å². The maximum absolute atomic E-state index is 12.5. The van der Waals surface area contributed by atoms with Crippen LogP contribution in [0, 0.1) is 0 Å². The highest BCUT2D eigenvalue weighted by Crippen LogP contribution is 2.25. The summed E-state index contributed by atoms with van der Waals surface area (Å²) in [5.41, 5.74) is -0.201. The van der Waals surface area contributed by atoms with Crippen LogP contribution in [0.25, 0.3) is 0 Å². The van der Waals surface area contributed by atoms with E-state index < -0.39 is 35.8 Å². The molecular weight excluding hydrogens is 492 g/mol. The third-order valence-corrected chi connectivity index (χ3v) is 5.44. The van der Waals surface area contributed by atoms with Gasteiger partial charge in [-0.15, -0.1) is 0 Å². The average Bonchev–Trinajstić information content (AvgIpc) is 2.43. The van der Waals surface area contributed by atoms with Crippen molar-refractivity contribution in [2.24, 2.45) is 0 Å². The molecule has 0 unspecified atom stereocenters. The Morgan fingerprint density at radius 2 is 1.04 bits per heavy atom. The van der Waals surface area contributed by atoms with Crippen molar-refractivity contribution in [1.82, 2.24) is 0 Å². The van der Waals surface area contributed by atoms with Crippen LogP contribution in [0.4, 0.5) is 0 Å². The molecule has 0 heterocycles. The molecule has 0 aliphatic heterocycles. The van der Waals surface area contributed by atoms with E-state index in [-0.39, 0.29) is 20.1 Å². The molecule has 2 aromatic carbocycles. The number of benzene rings is 2. The summed E-state index contributed by atoms with van der Waals surface area (Å²) in [6.07, 6.45) is 0. The SMILES string of the molecule is O=C(c1cc(Br)cc(S(=O)(=O)O)c1)c1cc(Br)cc(S(=O)(=O)O)c1. The second kappa shape index (κ2) is 6.65. The lowest BCUT2D eigenvalue weighted by atomic mass is 10.0. The van der Waals surface area contributed by atoms with Crippen molar-refractivity contribution in [3.05, 3.63) is 56.5 Å². The summed E-state index contributed by atoms with van der Waals surface area (Å²) in [5, 5.41) is 0. The van der Waals surface area contributed by atoms with Gasteiger partial charge in [-0.1, -0.05) is 31.9 Å². The maximum Gasteiger partial charge on any atom is 0.294 e.